The third-order valence-corrected chi connectivity index (χ3v) is 8.69. The smallest absolute Gasteiger partial charge is 0.256 e. The number of nitrogens with two attached hydrogens (primary N) is 1. The summed E-state index contributed by atoms with van der Waals surface area (Å²) in [4.78, 5) is 31.7. The molecule has 3 aliphatic rings. The number of aromatic nitrogens is 1. The fraction of sp³-hybridized carbons (Fsp3) is 0.355. The molecule has 2 saturated heterocycles. The monoisotopic (exact) mass is 541 g/mol. The Bertz CT molecular complexity index is 1730. The number of hydrogen-bond acceptors (Lipinski definition) is 6. The van der Waals surface area contributed by atoms with Gasteiger partial charge in [-0.3, -0.25) is 9.59 Å². The Morgan fingerprint density at radius 1 is 1.12 bits per heavy atom. The van der Waals surface area contributed by atoms with Crippen molar-refractivity contribution in [3.8, 4) is 17.2 Å². The lowest BCUT2D eigenvalue weighted by Crippen LogP contribution is -2.35. The maximum Gasteiger partial charge on any atom is 0.256 e. The van der Waals surface area contributed by atoms with E-state index in [9.17, 15) is 9.59 Å². The lowest BCUT2D eigenvalue weighted by Gasteiger charge is -2.28. The maximum absolute atomic E-state index is 15.8. The lowest BCUT2D eigenvalue weighted by atomic mass is 10.0. The van der Waals surface area contributed by atoms with Gasteiger partial charge in [-0.15, -0.1) is 0 Å². The summed E-state index contributed by atoms with van der Waals surface area (Å²) in [5, 5.41) is 5.07. The van der Waals surface area contributed by atoms with Crippen LogP contribution in [0.1, 0.15) is 36.0 Å². The fourth-order valence-electron chi connectivity index (χ4n) is 6.56. The Morgan fingerprint density at radius 2 is 1.93 bits per heavy atom. The number of fused-ring (bicyclic) bond motifs is 3. The van der Waals surface area contributed by atoms with Gasteiger partial charge in [-0.05, 0) is 62.2 Å². The summed E-state index contributed by atoms with van der Waals surface area (Å²) in [5.74, 6) is -0.246. The van der Waals surface area contributed by atoms with E-state index in [0.717, 1.165) is 36.6 Å². The van der Waals surface area contributed by atoms with Crippen LogP contribution in [0.15, 0.2) is 53.5 Å². The minimum atomic E-state index is -0.564. The van der Waals surface area contributed by atoms with Crippen molar-refractivity contribution in [2.24, 2.45) is 5.73 Å². The number of nitrogens with zero attached hydrogens (tertiary/aromatic N) is 3. The summed E-state index contributed by atoms with van der Waals surface area (Å²) in [6.07, 6.45) is 5.33. The third-order valence-electron chi connectivity index (χ3n) is 8.69. The zero-order valence-electron chi connectivity index (χ0n) is 22.5. The molecule has 3 N–H and O–H groups in total. The summed E-state index contributed by atoms with van der Waals surface area (Å²) >= 11 is 0. The van der Waals surface area contributed by atoms with Gasteiger partial charge in [-0.1, -0.05) is 24.3 Å². The SMILES string of the molecule is CN1CCCC1CCNC(=O)c1cn2c3c(cc(F)c(N4CC[C@H](N)C4)c3c1=O)Oc1cc3ccccc3cc1-2. The summed E-state index contributed by atoms with van der Waals surface area (Å²) in [5.41, 5.74) is 6.96. The number of carbonyl (C=O) groups excluding carboxylic acids is 1. The number of anilines is 1. The van der Waals surface area contributed by atoms with Crippen LogP contribution in [-0.4, -0.2) is 60.7 Å². The van der Waals surface area contributed by atoms with Crippen molar-refractivity contribution < 1.29 is 13.9 Å². The standard InChI is InChI=1S/C31H32FN5O3/c1-35-11-4-7-21(35)8-10-34-31(39)22-17-37-24-13-18-5-2-3-6-19(18)14-25(24)40-26-15-23(32)28(27(29(26)37)30(22)38)36-12-9-20(33)16-36/h2-3,5-6,13-15,17,20-21H,4,7-12,16,33H2,1H3,(H,34,39)/t20-,21?/m0/s1. The predicted molar refractivity (Wildman–Crippen MR) is 154 cm³/mol. The van der Waals surface area contributed by atoms with Crippen LogP contribution < -0.4 is 26.1 Å². The zero-order valence-corrected chi connectivity index (χ0v) is 22.5. The maximum atomic E-state index is 15.8. The third kappa shape index (κ3) is 4.03. The summed E-state index contributed by atoms with van der Waals surface area (Å²) in [6, 6.07) is 13.4. The first-order valence-electron chi connectivity index (χ1n) is 14.0. The highest BCUT2D eigenvalue weighted by Crippen LogP contribution is 2.45. The van der Waals surface area contributed by atoms with E-state index in [2.05, 4.69) is 17.3 Å². The number of carbonyl (C=O) groups is 1. The van der Waals surface area contributed by atoms with Gasteiger partial charge in [-0.25, -0.2) is 4.39 Å². The number of pyridine rings is 1. The highest BCUT2D eigenvalue weighted by Gasteiger charge is 2.32. The predicted octanol–water partition coefficient (Wildman–Crippen LogP) is 4.14. The molecule has 7 rings (SSSR count). The Balaban J connectivity index is 1.40. The number of amides is 1. The van der Waals surface area contributed by atoms with Gasteiger partial charge in [0.25, 0.3) is 5.91 Å². The van der Waals surface area contributed by atoms with Gasteiger partial charge in [-0.2, -0.15) is 0 Å². The lowest BCUT2D eigenvalue weighted by molar-refractivity contribution is 0.0949. The van der Waals surface area contributed by atoms with Crippen LogP contribution >= 0.6 is 0 Å². The molecule has 0 saturated carbocycles. The van der Waals surface area contributed by atoms with Gasteiger partial charge in [0.1, 0.15) is 11.1 Å². The van der Waals surface area contributed by atoms with Crippen molar-refractivity contribution in [2.45, 2.75) is 37.8 Å². The molecule has 2 fully saturated rings. The van der Waals surface area contributed by atoms with Crippen molar-refractivity contribution in [1.29, 1.82) is 0 Å². The van der Waals surface area contributed by atoms with Crippen LogP contribution in [0.4, 0.5) is 10.1 Å². The van der Waals surface area contributed by atoms with Crippen LogP contribution in [0.2, 0.25) is 0 Å². The first-order valence-corrected chi connectivity index (χ1v) is 14.0. The Hall–Kier alpha value is -3.95. The largest absolute Gasteiger partial charge is 0.453 e. The number of rotatable bonds is 5. The van der Waals surface area contributed by atoms with Crippen LogP contribution in [-0.2, 0) is 0 Å². The van der Waals surface area contributed by atoms with Gasteiger partial charge < -0.3 is 30.2 Å². The number of ether oxygens (including phenoxy) is 1. The first kappa shape index (κ1) is 25.0. The number of nitrogens with one attached hydrogen (secondary N) is 1. The second-order valence-corrected chi connectivity index (χ2v) is 11.3. The van der Waals surface area contributed by atoms with Gasteiger partial charge >= 0.3 is 0 Å². The van der Waals surface area contributed by atoms with Crippen molar-refractivity contribution >= 4 is 33.3 Å². The second kappa shape index (κ2) is 9.60. The molecule has 8 nitrogen and oxygen atoms in total. The average molecular weight is 542 g/mol. The van der Waals surface area contributed by atoms with Crippen molar-refractivity contribution in [3.63, 3.8) is 0 Å². The van der Waals surface area contributed by atoms with E-state index in [0.29, 0.717) is 49.1 Å². The van der Waals surface area contributed by atoms with Gasteiger partial charge in [0.15, 0.2) is 17.3 Å². The molecule has 1 amide bonds. The van der Waals surface area contributed by atoms with Gasteiger partial charge in [0, 0.05) is 44.0 Å². The van der Waals surface area contributed by atoms with Crippen molar-refractivity contribution in [3.05, 3.63) is 70.3 Å². The zero-order chi connectivity index (χ0) is 27.5. The molecule has 40 heavy (non-hydrogen) atoms. The minimum Gasteiger partial charge on any atom is -0.453 e. The number of benzene rings is 3. The van der Waals surface area contributed by atoms with E-state index >= 15 is 4.39 Å². The van der Waals surface area contributed by atoms with Crippen LogP contribution in [0.25, 0.3) is 27.4 Å². The molecule has 0 aliphatic carbocycles. The van der Waals surface area contributed by atoms with E-state index in [-0.39, 0.29) is 28.4 Å². The molecule has 0 bridgehead atoms. The molecule has 0 spiro atoms. The molecule has 206 valence electrons. The van der Waals surface area contributed by atoms with Crippen molar-refractivity contribution in [1.82, 2.24) is 14.8 Å². The van der Waals surface area contributed by atoms with Crippen LogP contribution in [0, 0.1) is 5.82 Å². The van der Waals surface area contributed by atoms with Gasteiger partial charge in [0.05, 0.1) is 16.8 Å². The molecular weight excluding hydrogens is 509 g/mol. The second-order valence-electron chi connectivity index (χ2n) is 11.3. The summed E-state index contributed by atoms with van der Waals surface area (Å²) in [7, 11) is 2.10. The summed E-state index contributed by atoms with van der Waals surface area (Å²) in [6.45, 7) is 2.47. The molecule has 3 aromatic carbocycles. The summed E-state index contributed by atoms with van der Waals surface area (Å²) < 4.78 is 23.9. The molecule has 1 aromatic heterocycles. The van der Waals surface area contributed by atoms with Crippen molar-refractivity contribution in [2.75, 3.05) is 38.1 Å². The highest BCUT2D eigenvalue weighted by molar-refractivity contribution is 6.04. The van der Waals surface area contributed by atoms with E-state index in [4.69, 9.17) is 10.5 Å². The van der Waals surface area contributed by atoms with E-state index in [1.54, 1.807) is 6.20 Å². The number of halogens is 1. The first-order chi connectivity index (χ1) is 19.4. The van der Waals surface area contributed by atoms with Crippen LogP contribution in [0.5, 0.6) is 11.5 Å². The molecule has 0 radical (unpaired) electrons. The molecule has 4 heterocycles. The number of likely N-dealkylation sites (tertiary alicyclic amines) is 1. The molecule has 1 unspecified atom stereocenters. The molecular formula is C31H32FN5O3. The van der Waals surface area contributed by atoms with E-state index < -0.39 is 17.2 Å². The number of hydrogen-bond donors (Lipinski definition) is 2. The van der Waals surface area contributed by atoms with E-state index in [1.165, 1.54) is 6.07 Å². The highest BCUT2D eigenvalue weighted by atomic mass is 19.1. The fourth-order valence-corrected chi connectivity index (χ4v) is 6.56. The Morgan fingerprint density at radius 3 is 2.65 bits per heavy atom. The quantitative estimate of drug-likeness (QED) is 0.348. The Labute approximate surface area is 231 Å². The average Bonchev–Trinajstić information content (AvgIpc) is 3.56. The van der Waals surface area contributed by atoms with Gasteiger partial charge in [0.2, 0.25) is 5.43 Å². The molecule has 2 atom stereocenters. The molecule has 9 heteroatoms. The molecule has 3 aliphatic heterocycles. The Kier molecular flexibility index (Phi) is 6.01. The topological polar surface area (TPSA) is 92.8 Å². The normalized spacial score (nSPS) is 20.2. The molecule has 4 aromatic rings. The van der Waals surface area contributed by atoms with E-state index in [1.807, 2.05) is 45.9 Å². The minimum absolute atomic E-state index is 0.0189. The van der Waals surface area contributed by atoms with Crippen LogP contribution in [0.3, 0.4) is 0 Å².